The number of benzene rings is 2. The van der Waals surface area contributed by atoms with Crippen molar-refractivity contribution in [3.05, 3.63) is 92.3 Å². The molecule has 1 saturated heterocycles. The first-order valence-corrected chi connectivity index (χ1v) is 10.7. The van der Waals surface area contributed by atoms with Gasteiger partial charge in [0.15, 0.2) is 0 Å². The normalized spacial score (nSPS) is 13.8. The lowest BCUT2D eigenvalue weighted by molar-refractivity contribution is -0.384. The van der Waals surface area contributed by atoms with Gasteiger partial charge >= 0.3 is 5.69 Å². The first-order valence-electron chi connectivity index (χ1n) is 10.7. The van der Waals surface area contributed by atoms with Crippen molar-refractivity contribution < 1.29 is 14.6 Å². The summed E-state index contributed by atoms with van der Waals surface area (Å²) >= 11 is 0. The van der Waals surface area contributed by atoms with Crippen LogP contribution in [0.2, 0.25) is 0 Å². The van der Waals surface area contributed by atoms with Gasteiger partial charge in [-0.05, 0) is 17.7 Å². The van der Waals surface area contributed by atoms with Crippen LogP contribution in [0.1, 0.15) is 15.9 Å². The standard InChI is InChI=1S/C22H22N8O5/c31-22(17-6-8-18(9-7-17)29(32)33)26-25-20-19(30(34)35)21(24-15-23-20)28-12-10-27(11-13-28)14-16-4-2-1-3-5-16/h1-9,15H,10-14H2,(H,26,31)(H,23,24,25). The minimum Gasteiger partial charge on any atom is -0.348 e. The molecule has 35 heavy (non-hydrogen) atoms. The minimum absolute atomic E-state index is 0.134. The predicted molar refractivity (Wildman–Crippen MR) is 127 cm³/mol. The van der Waals surface area contributed by atoms with Crippen molar-refractivity contribution in [2.75, 3.05) is 36.5 Å². The van der Waals surface area contributed by atoms with E-state index in [1.54, 1.807) is 0 Å². The second-order valence-corrected chi connectivity index (χ2v) is 7.78. The van der Waals surface area contributed by atoms with Gasteiger partial charge in [-0.2, -0.15) is 0 Å². The number of carbonyl (C=O) groups is 1. The van der Waals surface area contributed by atoms with Crippen LogP contribution in [0.25, 0.3) is 0 Å². The van der Waals surface area contributed by atoms with E-state index < -0.39 is 15.8 Å². The number of hydrazine groups is 1. The number of nitro benzene ring substituents is 1. The van der Waals surface area contributed by atoms with Gasteiger partial charge in [0.25, 0.3) is 11.6 Å². The molecule has 1 fully saturated rings. The molecule has 1 aliphatic heterocycles. The van der Waals surface area contributed by atoms with E-state index in [1.807, 2.05) is 23.1 Å². The van der Waals surface area contributed by atoms with Crippen LogP contribution in [-0.2, 0) is 6.54 Å². The molecule has 0 unspecified atom stereocenters. The number of non-ortho nitro benzene ring substituents is 1. The molecule has 0 radical (unpaired) electrons. The van der Waals surface area contributed by atoms with E-state index >= 15 is 0 Å². The highest BCUT2D eigenvalue weighted by Crippen LogP contribution is 2.32. The fourth-order valence-corrected chi connectivity index (χ4v) is 3.74. The number of carbonyl (C=O) groups excluding carboxylic acids is 1. The zero-order valence-electron chi connectivity index (χ0n) is 18.5. The molecule has 2 aromatic carbocycles. The second kappa shape index (κ2) is 10.5. The Kier molecular flexibility index (Phi) is 7.07. The van der Waals surface area contributed by atoms with Crippen molar-refractivity contribution in [3.63, 3.8) is 0 Å². The van der Waals surface area contributed by atoms with Crippen LogP contribution in [0.15, 0.2) is 60.9 Å². The largest absolute Gasteiger partial charge is 0.355 e. The second-order valence-electron chi connectivity index (χ2n) is 7.78. The van der Waals surface area contributed by atoms with Crippen molar-refractivity contribution >= 4 is 28.9 Å². The summed E-state index contributed by atoms with van der Waals surface area (Å²) in [4.78, 5) is 46.0. The Morgan fingerprint density at radius 2 is 1.60 bits per heavy atom. The third-order valence-electron chi connectivity index (χ3n) is 5.54. The lowest BCUT2D eigenvalue weighted by Crippen LogP contribution is -2.46. The number of nitro groups is 2. The van der Waals surface area contributed by atoms with Gasteiger partial charge in [0.1, 0.15) is 6.33 Å². The van der Waals surface area contributed by atoms with Gasteiger partial charge in [-0.3, -0.25) is 40.8 Å². The molecule has 4 rings (SSSR count). The van der Waals surface area contributed by atoms with E-state index in [0.29, 0.717) is 26.2 Å². The quantitative estimate of drug-likeness (QED) is 0.363. The SMILES string of the molecule is O=C(NNc1ncnc(N2CCN(Cc3ccccc3)CC2)c1[N+](=O)[O-])c1ccc([N+](=O)[O-])cc1. The van der Waals surface area contributed by atoms with Crippen LogP contribution in [0.3, 0.4) is 0 Å². The van der Waals surface area contributed by atoms with Gasteiger partial charge in [0, 0.05) is 50.4 Å². The number of aromatic nitrogens is 2. The molecule has 180 valence electrons. The van der Waals surface area contributed by atoms with Gasteiger partial charge in [0.05, 0.1) is 9.85 Å². The molecule has 1 amide bonds. The van der Waals surface area contributed by atoms with Gasteiger partial charge in [0.2, 0.25) is 11.6 Å². The van der Waals surface area contributed by atoms with Crippen LogP contribution in [0, 0.1) is 20.2 Å². The monoisotopic (exact) mass is 478 g/mol. The average Bonchev–Trinajstić information content (AvgIpc) is 2.88. The number of rotatable bonds is 8. The first kappa shape index (κ1) is 23.5. The van der Waals surface area contributed by atoms with E-state index in [-0.39, 0.29) is 28.6 Å². The fourth-order valence-electron chi connectivity index (χ4n) is 3.74. The Hall–Kier alpha value is -4.65. The molecule has 0 aliphatic carbocycles. The number of piperazine rings is 1. The molecule has 0 bridgehead atoms. The molecule has 0 spiro atoms. The summed E-state index contributed by atoms with van der Waals surface area (Å²) < 4.78 is 0. The van der Waals surface area contributed by atoms with E-state index in [1.165, 1.54) is 36.2 Å². The third-order valence-corrected chi connectivity index (χ3v) is 5.54. The van der Waals surface area contributed by atoms with Crippen molar-refractivity contribution in [2.24, 2.45) is 0 Å². The number of hydrogen-bond donors (Lipinski definition) is 2. The molecule has 2 N–H and O–H groups in total. The Labute approximate surface area is 199 Å². The molecule has 0 atom stereocenters. The van der Waals surface area contributed by atoms with E-state index in [4.69, 9.17) is 0 Å². The van der Waals surface area contributed by atoms with E-state index in [0.717, 1.165) is 6.54 Å². The summed E-state index contributed by atoms with van der Waals surface area (Å²) in [7, 11) is 0. The highest BCUT2D eigenvalue weighted by Gasteiger charge is 2.29. The topological polar surface area (TPSA) is 160 Å². The van der Waals surface area contributed by atoms with Crippen molar-refractivity contribution in [1.29, 1.82) is 0 Å². The number of amides is 1. The highest BCUT2D eigenvalue weighted by molar-refractivity contribution is 5.95. The maximum atomic E-state index is 12.4. The van der Waals surface area contributed by atoms with Crippen LogP contribution in [0.5, 0.6) is 0 Å². The zero-order valence-corrected chi connectivity index (χ0v) is 18.5. The minimum atomic E-state index is -0.635. The van der Waals surface area contributed by atoms with Gasteiger partial charge in [-0.1, -0.05) is 30.3 Å². The number of nitrogens with zero attached hydrogens (tertiary/aromatic N) is 6. The molecular weight excluding hydrogens is 456 g/mol. The number of anilines is 2. The lowest BCUT2D eigenvalue weighted by atomic mass is 10.2. The molecule has 2 heterocycles. The molecule has 13 nitrogen and oxygen atoms in total. The lowest BCUT2D eigenvalue weighted by Gasteiger charge is -2.35. The molecule has 3 aromatic rings. The van der Waals surface area contributed by atoms with Crippen molar-refractivity contribution in [1.82, 2.24) is 20.3 Å². The third kappa shape index (κ3) is 5.65. The van der Waals surface area contributed by atoms with Crippen LogP contribution in [-0.4, -0.2) is 56.8 Å². The van der Waals surface area contributed by atoms with Crippen LogP contribution in [0.4, 0.5) is 23.0 Å². The molecule has 1 aromatic heterocycles. The Morgan fingerprint density at radius 1 is 0.914 bits per heavy atom. The van der Waals surface area contributed by atoms with Crippen LogP contribution < -0.4 is 15.8 Å². The summed E-state index contributed by atoms with van der Waals surface area (Å²) in [6.45, 7) is 3.28. The number of hydrogen-bond acceptors (Lipinski definition) is 10. The Balaban J connectivity index is 1.43. The fraction of sp³-hybridized carbons (Fsp3) is 0.227. The molecular formula is C22H22N8O5. The van der Waals surface area contributed by atoms with Crippen molar-refractivity contribution in [2.45, 2.75) is 6.54 Å². The van der Waals surface area contributed by atoms with Crippen molar-refractivity contribution in [3.8, 4) is 0 Å². The molecule has 0 saturated carbocycles. The summed E-state index contributed by atoms with van der Waals surface area (Å²) in [5.41, 5.74) is 5.65. The Morgan fingerprint density at radius 3 is 2.23 bits per heavy atom. The van der Waals surface area contributed by atoms with Gasteiger partial charge < -0.3 is 4.90 Å². The van der Waals surface area contributed by atoms with Crippen LogP contribution >= 0.6 is 0 Å². The maximum absolute atomic E-state index is 12.4. The average molecular weight is 478 g/mol. The molecule has 1 aliphatic rings. The van der Waals surface area contributed by atoms with Gasteiger partial charge in [-0.15, -0.1) is 0 Å². The first-order chi connectivity index (χ1) is 16.9. The summed E-state index contributed by atoms with van der Waals surface area (Å²) in [6, 6.07) is 15.0. The van der Waals surface area contributed by atoms with E-state index in [2.05, 4.69) is 37.9 Å². The van der Waals surface area contributed by atoms with Gasteiger partial charge in [-0.25, -0.2) is 9.97 Å². The summed E-state index contributed by atoms with van der Waals surface area (Å²) in [5.74, 6) is -0.637. The number of nitrogens with one attached hydrogen (secondary N) is 2. The maximum Gasteiger partial charge on any atom is 0.355 e. The van der Waals surface area contributed by atoms with E-state index in [9.17, 15) is 25.0 Å². The smallest absolute Gasteiger partial charge is 0.348 e. The summed E-state index contributed by atoms with van der Waals surface area (Å²) in [5, 5.41) is 22.6. The zero-order chi connectivity index (χ0) is 24.8. The Bertz CT molecular complexity index is 1210. The highest BCUT2D eigenvalue weighted by atomic mass is 16.6. The predicted octanol–water partition coefficient (Wildman–Crippen LogP) is 2.37. The summed E-state index contributed by atoms with van der Waals surface area (Å²) in [6.07, 6.45) is 1.19. The molecule has 13 heteroatoms.